The molecule has 35 heavy (non-hydrogen) atoms. The number of methoxy groups -OCH3 is 2. The number of anilines is 1. The predicted octanol–water partition coefficient (Wildman–Crippen LogP) is 3.66. The van der Waals surface area contributed by atoms with Gasteiger partial charge in [-0.2, -0.15) is 0 Å². The van der Waals surface area contributed by atoms with Crippen molar-refractivity contribution in [3.8, 4) is 5.75 Å². The molecule has 1 aromatic carbocycles. The molecule has 1 aliphatic heterocycles. The molecule has 1 saturated carbocycles. The Morgan fingerprint density at radius 1 is 1.14 bits per heavy atom. The number of hydrogen-bond acceptors (Lipinski definition) is 6. The van der Waals surface area contributed by atoms with E-state index in [1.807, 2.05) is 0 Å². The monoisotopic (exact) mass is 489 g/mol. The van der Waals surface area contributed by atoms with Gasteiger partial charge in [-0.25, -0.2) is 0 Å². The lowest BCUT2D eigenvalue weighted by Gasteiger charge is -2.38. The molecule has 0 radical (unpaired) electrons. The summed E-state index contributed by atoms with van der Waals surface area (Å²) in [6, 6.07) is 5.40. The molecule has 1 fully saturated rings. The van der Waals surface area contributed by atoms with Crippen molar-refractivity contribution in [2.45, 2.75) is 58.1 Å². The van der Waals surface area contributed by atoms with Gasteiger partial charge in [-0.05, 0) is 49.8 Å². The largest absolute Gasteiger partial charge is 0.491 e. The Balaban J connectivity index is 1.87. The van der Waals surface area contributed by atoms with Gasteiger partial charge in [0, 0.05) is 52.6 Å². The van der Waals surface area contributed by atoms with Crippen LogP contribution in [0.1, 0.15) is 56.3 Å². The lowest BCUT2D eigenvalue weighted by molar-refractivity contribution is -0.119. The smallest absolute Gasteiger partial charge is 0.257 e. The number of amides is 2. The van der Waals surface area contributed by atoms with Crippen LogP contribution in [0.4, 0.5) is 5.69 Å². The van der Waals surface area contributed by atoms with Gasteiger partial charge in [-0.3, -0.25) is 14.5 Å². The molecule has 0 aromatic heterocycles. The highest BCUT2D eigenvalue weighted by Crippen LogP contribution is 2.28. The number of rotatable bonds is 6. The SMILES string of the molecule is COCC(=O)Nc1ccc2c(c1)C(=O)N(C)C[C@H](OC)[C@@H](C)CN(CC1CCCCC1)[C@@H](C)CO2. The minimum atomic E-state index is -0.275. The van der Waals surface area contributed by atoms with Crippen LogP contribution in [0.15, 0.2) is 18.2 Å². The molecule has 3 rings (SSSR count). The predicted molar refractivity (Wildman–Crippen MR) is 137 cm³/mol. The van der Waals surface area contributed by atoms with Crippen molar-refractivity contribution in [3.63, 3.8) is 0 Å². The molecule has 0 bridgehead atoms. The normalized spacial score (nSPS) is 25.2. The molecule has 0 spiro atoms. The maximum atomic E-state index is 13.4. The highest BCUT2D eigenvalue weighted by Gasteiger charge is 2.29. The molecule has 0 unspecified atom stereocenters. The van der Waals surface area contributed by atoms with Crippen molar-refractivity contribution in [2.75, 3.05) is 59.4 Å². The number of hydrogen-bond donors (Lipinski definition) is 1. The second kappa shape index (κ2) is 13.2. The lowest BCUT2D eigenvalue weighted by atomic mass is 9.88. The van der Waals surface area contributed by atoms with E-state index in [9.17, 15) is 9.59 Å². The number of nitrogens with one attached hydrogen (secondary N) is 1. The summed E-state index contributed by atoms with van der Waals surface area (Å²) in [5, 5.41) is 2.78. The minimum Gasteiger partial charge on any atom is -0.491 e. The van der Waals surface area contributed by atoms with E-state index in [-0.39, 0.29) is 36.5 Å². The number of fused-ring (bicyclic) bond motifs is 1. The molecule has 2 amide bonds. The first kappa shape index (κ1) is 27.4. The summed E-state index contributed by atoms with van der Waals surface area (Å²) in [7, 11) is 4.98. The molecule has 1 N–H and O–H groups in total. The van der Waals surface area contributed by atoms with Crippen molar-refractivity contribution >= 4 is 17.5 Å². The van der Waals surface area contributed by atoms with E-state index in [0.717, 1.165) is 19.0 Å². The summed E-state index contributed by atoms with van der Waals surface area (Å²) in [6.07, 6.45) is 6.50. The van der Waals surface area contributed by atoms with Gasteiger partial charge in [-0.15, -0.1) is 0 Å². The van der Waals surface area contributed by atoms with Crippen molar-refractivity contribution in [1.82, 2.24) is 9.80 Å². The van der Waals surface area contributed by atoms with E-state index in [1.54, 1.807) is 37.3 Å². The van der Waals surface area contributed by atoms with Crippen molar-refractivity contribution < 1.29 is 23.8 Å². The third-order valence-corrected chi connectivity index (χ3v) is 7.35. The maximum Gasteiger partial charge on any atom is 0.257 e. The van der Waals surface area contributed by atoms with E-state index in [2.05, 4.69) is 24.1 Å². The summed E-state index contributed by atoms with van der Waals surface area (Å²) in [4.78, 5) is 29.7. The fraction of sp³-hybridized carbons (Fsp3) is 0.704. The van der Waals surface area contributed by atoms with E-state index in [4.69, 9.17) is 14.2 Å². The molecule has 0 saturated heterocycles. The Kier molecular flexibility index (Phi) is 10.4. The van der Waals surface area contributed by atoms with Gasteiger partial charge < -0.3 is 24.4 Å². The topological polar surface area (TPSA) is 80.3 Å². The number of carbonyl (C=O) groups is 2. The average Bonchev–Trinajstić information content (AvgIpc) is 2.85. The zero-order valence-corrected chi connectivity index (χ0v) is 22.0. The van der Waals surface area contributed by atoms with Crippen molar-refractivity contribution in [3.05, 3.63) is 23.8 Å². The fourth-order valence-corrected chi connectivity index (χ4v) is 5.21. The standard InChI is InChI=1S/C27H43N3O5/c1-19-14-30(15-21-9-7-6-8-10-21)20(2)17-35-24-12-11-22(28-26(31)18-33-4)13-23(24)27(32)29(3)16-25(19)34-5/h11-13,19-21,25H,6-10,14-18H2,1-5H3,(H,28,31)/t19-,20-,25-/m0/s1. The summed E-state index contributed by atoms with van der Waals surface area (Å²) < 4.78 is 17.0. The van der Waals surface area contributed by atoms with E-state index in [1.165, 1.54) is 39.2 Å². The first-order valence-electron chi connectivity index (χ1n) is 12.9. The third-order valence-electron chi connectivity index (χ3n) is 7.35. The van der Waals surface area contributed by atoms with Crippen molar-refractivity contribution in [2.24, 2.45) is 11.8 Å². The summed E-state index contributed by atoms with van der Waals surface area (Å²) in [6.45, 7) is 7.28. The van der Waals surface area contributed by atoms with Crippen molar-refractivity contribution in [1.29, 1.82) is 0 Å². The Morgan fingerprint density at radius 3 is 2.57 bits per heavy atom. The van der Waals surface area contributed by atoms with Crippen LogP contribution in [0.2, 0.25) is 0 Å². The van der Waals surface area contributed by atoms with E-state index >= 15 is 0 Å². The number of likely N-dealkylation sites (N-methyl/N-ethyl adjacent to an activating group) is 1. The van der Waals surface area contributed by atoms with Crippen LogP contribution >= 0.6 is 0 Å². The average molecular weight is 490 g/mol. The van der Waals surface area contributed by atoms with Gasteiger partial charge in [0.25, 0.3) is 5.91 Å². The highest BCUT2D eigenvalue weighted by atomic mass is 16.5. The summed E-state index contributed by atoms with van der Waals surface area (Å²) in [5.74, 6) is 1.06. The van der Waals surface area contributed by atoms with Gasteiger partial charge in [0.2, 0.25) is 5.91 Å². The van der Waals surface area contributed by atoms with Crippen LogP contribution in [-0.2, 0) is 14.3 Å². The van der Waals surface area contributed by atoms with Crippen LogP contribution in [-0.4, -0.2) is 87.9 Å². The number of ether oxygens (including phenoxy) is 3. The molecule has 2 aliphatic rings. The maximum absolute atomic E-state index is 13.4. The second-order valence-electron chi connectivity index (χ2n) is 10.2. The zero-order chi connectivity index (χ0) is 25.4. The quantitative estimate of drug-likeness (QED) is 0.657. The first-order chi connectivity index (χ1) is 16.8. The molecule has 196 valence electrons. The Labute approximate surface area is 210 Å². The van der Waals surface area contributed by atoms with Gasteiger partial charge >= 0.3 is 0 Å². The number of nitrogens with zero attached hydrogens (tertiary/aromatic N) is 2. The van der Waals surface area contributed by atoms with Gasteiger partial charge in [-0.1, -0.05) is 26.2 Å². The molecule has 8 nitrogen and oxygen atoms in total. The molecule has 8 heteroatoms. The second-order valence-corrected chi connectivity index (χ2v) is 10.2. The van der Waals surface area contributed by atoms with Crippen LogP contribution in [0.3, 0.4) is 0 Å². The van der Waals surface area contributed by atoms with Crippen LogP contribution in [0, 0.1) is 11.8 Å². The molecular formula is C27H43N3O5. The molecule has 1 aliphatic carbocycles. The van der Waals surface area contributed by atoms with Gasteiger partial charge in [0.1, 0.15) is 19.0 Å². The number of carbonyl (C=O) groups excluding carboxylic acids is 2. The van der Waals surface area contributed by atoms with Gasteiger partial charge in [0.15, 0.2) is 0 Å². The Bertz CT molecular complexity index is 842. The summed E-state index contributed by atoms with van der Waals surface area (Å²) in [5.41, 5.74) is 0.962. The Hall–Kier alpha value is -2.16. The van der Waals surface area contributed by atoms with Crippen LogP contribution in [0.25, 0.3) is 0 Å². The molecule has 1 heterocycles. The molecular weight excluding hydrogens is 446 g/mol. The van der Waals surface area contributed by atoms with Crippen LogP contribution in [0.5, 0.6) is 5.75 Å². The lowest BCUT2D eigenvalue weighted by Crippen LogP contribution is -2.48. The van der Waals surface area contributed by atoms with E-state index < -0.39 is 0 Å². The Morgan fingerprint density at radius 2 is 1.89 bits per heavy atom. The minimum absolute atomic E-state index is 0.0524. The third kappa shape index (κ3) is 7.66. The summed E-state index contributed by atoms with van der Waals surface area (Å²) >= 11 is 0. The molecule has 1 aromatic rings. The fourth-order valence-electron chi connectivity index (χ4n) is 5.21. The highest BCUT2D eigenvalue weighted by molar-refractivity contribution is 5.99. The van der Waals surface area contributed by atoms with Gasteiger partial charge in [0.05, 0.1) is 11.7 Å². The molecule has 3 atom stereocenters. The first-order valence-corrected chi connectivity index (χ1v) is 12.9. The number of benzene rings is 1. The zero-order valence-electron chi connectivity index (χ0n) is 22.0. The van der Waals surface area contributed by atoms with Crippen LogP contribution < -0.4 is 10.1 Å². The van der Waals surface area contributed by atoms with E-state index in [0.29, 0.717) is 30.2 Å².